The predicted molar refractivity (Wildman–Crippen MR) is 127 cm³/mol. The van der Waals surface area contributed by atoms with Gasteiger partial charge >= 0.3 is 15.2 Å². The van der Waals surface area contributed by atoms with E-state index in [1.807, 2.05) is 0 Å². The van der Waals surface area contributed by atoms with E-state index in [0.29, 0.717) is 0 Å². The van der Waals surface area contributed by atoms with Crippen LogP contribution in [0.2, 0.25) is 0 Å². The molecule has 0 aliphatic carbocycles. The summed E-state index contributed by atoms with van der Waals surface area (Å²) >= 11 is 0. The third-order valence-electron chi connectivity index (χ3n) is 5.98. The van der Waals surface area contributed by atoms with Gasteiger partial charge in [0.05, 0.1) is 19.5 Å². The Bertz CT molecular complexity index is 1300. The minimum absolute atomic E-state index is 0.0706. The summed E-state index contributed by atoms with van der Waals surface area (Å²) in [7, 11) is -9.66. The Balaban J connectivity index is 1.32. The second-order valence-corrected chi connectivity index (χ2v) is 13.1. The molecule has 4 rings (SSSR count). The second kappa shape index (κ2) is 11.4. The number of anilines is 1. The zero-order valence-corrected chi connectivity index (χ0v) is 22.0. The van der Waals surface area contributed by atoms with Crippen molar-refractivity contribution in [3.63, 3.8) is 0 Å². The first-order valence-corrected chi connectivity index (χ1v) is 14.9. The van der Waals surface area contributed by atoms with Gasteiger partial charge in [-0.2, -0.15) is 0 Å². The molecule has 0 bridgehead atoms. The number of hydrogen-bond donors (Lipinski definition) is 8. The number of ether oxygens (including phenoxy) is 2. The lowest BCUT2D eigenvalue weighted by Crippen LogP contribution is -2.47. The molecular formula is C18H28N6O13P2. The molecule has 2 aliphatic heterocycles. The van der Waals surface area contributed by atoms with Gasteiger partial charge in [0.25, 0.3) is 0 Å². The molecule has 1 amide bonds. The van der Waals surface area contributed by atoms with Crippen LogP contribution in [-0.4, -0.2) is 118 Å². The average molecular weight is 598 g/mol. The first kappa shape index (κ1) is 29.9. The van der Waals surface area contributed by atoms with Gasteiger partial charge in [-0.25, -0.2) is 15.0 Å². The van der Waals surface area contributed by atoms with Crippen molar-refractivity contribution in [2.24, 2.45) is 0 Å². The molecule has 4 heterocycles. The maximum atomic E-state index is 12.5. The van der Waals surface area contributed by atoms with E-state index in [9.17, 15) is 44.1 Å². The molecule has 2 saturated heterocycles. The van der Waals surface area contributed by atoms with E-state index in [-0.39, 0.29) is 17.0 Å². The number of nitrogens with zero attached hydrogens (tertiary/aromatic N) is 4. The summed E-state index contributed by atoms with van der Waals surface area (Å²) in [5, 5.41) is 43.0. The molecule has 39 heavy (non-hydrogen) atoms. The largest absolute Gasteiger partial charge is 0.388 e. The lowest BCUT2D eigenvalue weighted by molar-refractivity contribution is -0.126. The van der Waals surface area contributed by atoms with E-state index in [0.717, 1.165) is 13.3 Å². The molecule has 0 saturated carbocycles. The van der Waals surface area contributed by atoms with Crippen LogP contribution in [-0.2, 0) is 32.4 Å². The van der Waals surface area contributed by atoms with Gasteiger partial charge in [0.2, 0.25) is 5.91 Å². The van der Waals surface area contributed by atoms with E-state index in [1.165, 1.54) is 10.9 Å². The normalized spacial score (nSPS) is 34.1. The fourth-order valence-electron chi connectivity index (χ4n) is 4.11. The van der Waals surface area contributed by atoms with Crippen molar-refractivity contribution in [3.8, 4) is 0 Å². The Hall–Kier alpha value is -2.12. The highest BCUT2D eigenvalue weighted by atomic mass is 31.2. The van der Waals surface area contributed by atoms with Crippen LogP contribution in [0, 0.1) is 0 Å². The van der Waals surface area contributed by atoms with Gasteiger partial charge in [0, 0.05) is 6.92 Å². The molecule has 2 aliphatic rings. The van der Waals surface area contributed by atoms with Crippen molar-refractivity contribution in [2.45, 2.75) is 56.0 Å². The van der Waals surface area contributed by atoms with Gasteiger partial charge in [0.1, 0.15) is 48.4 Å². The number of nitrogens with two attached hydrogens (primary N) is 1. The predicted octanol–water partition coefficient (Wildman–Crippen LogP) is -3.03. The molecular weight excluding hydrogens is 570 g/mol. The lowest BCUT2D eigenvalue weighted by atomic mass is 10.1. The maximum absolute atomic E-state index is 12.5. The highest BCUT2D eigenvalue weighted by Gasteiger charge is 2.47. The first-order valence-electron chi connectivity index (χ1n) is 11.3. The lowest BCUT2D eigenvalue weighted by Gasteiger charge is -2.21. The minimum Gasteiger partial charge on any atom is -0.388 e. The number of hydrogen-bond acceptors (Lipinski definition) is 15. The smallest absolute Gasteiger partial charge is 0.340 e. The van der Waals surface area contributed by atoms with Crippen molar-refractivity contribution >= 4 is 38.1 Å². The Morgan fingerprint density at radius 1 is 1.03 bits per heavy atom. The van der Waals surface area contributed by atoms with E-state index in [2.05, 4.69) is 20.3 Å². The van der Waals surface area contributed by atoms with Crippen molar-refractivity contribution in [3.05, 3.63) is 12.7 Å². The van der Waals surface area contributed by atoms with Crippen molar-refractivity contribution < 1.29 is 62.7 Å². The first-order chi connectivity index (χ1) is 18.2. The highest BCUT2D eigenvalue weighted by molar-refractivity contribution is 7.70. The van der Waals surface area contributed by atoms with Crippen LogP contribution in [0.5, 0.6) is 0 Å². The minimum atomic E-state index is -4.83. The van der Waals surface area contributed by atoms with E-state index in [1.54, 1.807) is 0 Å². The summed E-state index contributed by atoms with van der Waals surface area (Å²) in [5.41, 5.74) is 6.15. The Morgan fingerprint density at radius 3 is 2.26 bits per heavy atom. The molecule has 0 radical (unpaired) electrons. The van der Waals surface area contributed by atoms with E-state index in [4.69, 9.17) is 24.3 Å². The van der Waals surface area contributed by atoms with E-state index < -0.39 is 89.3 Å². The topological polar surface area (TPSA) is 291 Å². The van der Waals surface area contributed by atoms with Crippen LogP contribution < -0.4 is 11.1 Å². The number of rotatable bonds is 10. The van der Waals surface area contributed by atoms with Gasteiger partial charge in [0.15, 0.2) is 29.9 Å². The van der Waals surface area contributed by atoms with Crippen LogP contribution in [0.4, 0.5) is 5.82 Å². The summed E-state index contributed by atoms with van der Waals surface area (Å²) in [6.45, 7) is -0.389. The number of carbonyl (C=O) groups is 1. The number of amides is 1. The summed E-state index contributed by atoms with van der Waals surface area (Å²) in [6.07, 6.45) is -7.74. The molecule has 19 nitrogen and oxygen atoms in total. The molecule has 2 aromatic rings. The molecule has 10 atom stereocenters. The molecule has 6 unspecified atom stereocenters. The van der Waals surface area contributed by atoms with Gasteiger partial charge in [-0.3, -0.25) is 18.5 Å². The van der Waals surface area contributed by atoms with Crippen molar-refractivity contribution in [1.29, 1.82) is 0 Å². The molecule has 21 heteroatoms. The number of aliphatic hydroxyl groups is 4. The summed E-state index contributed by atoms with van der Waals surface area (Å²) in [6, 6.07) is -1.22. The molecule has 2 fully saturated rings. The number of nitrogens with one attached hydrogen (secondary N) is 1. The summed E-state index contributed by atoms with van der Waals surface area (Å²) in [4.78, 5) is 43.2. The summed E-state index contributed by atoms with van der Waals surface area (Å²) < 4.78 is 46.4. The molecule has 2 aromatic heterocycles. The number of aromatic nitrogens is 4. The van der Waals surface area contributed by atoms with Crippen molar-refractivity contribution in [2.75, 3.05) is 24.9 Å². The fourth-order valence-corrected chi connectivity index (χ4v) is 7.33. The SMILES string of the molecule is CC(=O)N[C@@H]1C(O)O[C@H](COP(=O)(O)CP(=O)(O)OC[C@@H]2O[C@H](n3cnc4c(N)ncnc43)C(O)C2O)C1O. The number of carbonyl (C=O) groups excluding carboxylic acids is 1. The van der Waals surface area contributed by atoms with Crippen LogP contribution in [0.25, 0.3) is 11.2 Å². The summed E-state index contributed by atoms with van der Waals surface area (Å²) in [5.74, 6) is -1.87. The van der Waals surface area contributed by atoms with E-state index >= 15 is 0 Å². The zero-order chi connectivity index (χ0) is 28.7. The fraction of sp³-hybridized carbons (Fsp3) is 0.667. The quantitative estimate of drug-likeness (QED) is 0.126. The monoisotopic (exact) mass is 598 g/mol. The number of imidazole rings is 1. The van der Waals surface area contributed by atoms with Gasteiger partial charge in [-0.1, -0.05) is 0 Å². The molecule has 9 N–H and O–H groups in total. The average Bonchev–Trinajstić information content (AvgIpc) is 3.47. The Kier molecular flexibility index (Phi) is 8.73. The number of nitrogen functional groups attached to an aromatic ring is 1. The van der Waals surface area contributed by atoms with Crippen LogP contribution in [0.1, 0.15) is 13.2 Å². The standard InChI is InChI=1S/C18H28N6O13P2/c1-7(25)23-10-12(26)8(37-18(10)29)2-34-38(30,31)6-39(32,33)35-3-9-13(27)14(28)17(36-9)24-5-22-11-15(19)20-4-21-16(11)24/h4-5,8-10,12-14,17-18,26-29H,2-3,6H2,1H3,(H,23,25)(H,30,31)(H,32,33)(H2,19,20,21)/t8-,9+,10+,12?,13?,14?,17+,18?/m1/s1. The van der Waals surface area contributed by atoms with Crippen LogP contribution >= 0.6 is 15.2 Å². The van der Waals surface area contributed by atoms with Crippen molar-refractivity contribution in [1.82, 2.24) is 24.8 Å². The van der Waals surface area contributed by atoms with Gasteiger partial charge in [-0.15, -0.1) is 0 Å². The maximum Gasteiger partial charge on any atom is 0.340 e. The Labute approximate surface area is 219 Å². The van der Waals surface area contributed by atoms with Crippen LogP contribution in [0.3, 0.4) is 0 Å². The van der Waals surface area contributed by atoms with Gasteiger partial charge in [-0.05, 0) is 0 Å². The highest BCUT2D eigenvalue weighted by Crippen LogP contribution is 2.58. The number of fused-ring (bicyclic) bond motifs is 1. The third kappa shape index (κ3) is 6.62. The van der Waals surface area contributed by atoms with Crippen LogP contribution in [0.15, 0.2) is 12.7 Å². The number of aliphatic hydroxyl groups excluding tert-OH is 4. The molecule has 0 spiro atoms. The van der Waals surface area contributed by atoms with Gasteiger partial charge < -0.3 is 59.8 Å². The molecule has 0 aromatic carbocycles. The Morgan fingerprint density at radius 2 is 1.64 bits per heavy atom. The third-order valence-corrected chi connectivity index (χ3v) is 9.94. The molecule has 218 valence electrons. The zero-order valence-electron chi connectivity index (χ0n) is 20.2. The second-order valence-electron chi connectivity index (χ2n) is 8.92.